The topological polar surface area (TPSA) is 72.9 Å². The summed E-state index contributed by atoms with van der Waals surface area (Å²) in [5.41, 5.74) is 8.11. The highest BCUT2D eigenvalue weighted by atomic mass is 35.5. The molecule has 0 saturated heterocycles. The van der Waals surface area contributed by atoms with Crippen molar-refractivity contribution in [3.05, 3.63) is 48.0 Å². The lowest BCUT2D eigenvalue weighted by Crippen LogP contribution is -2.53. The molecule has 3 N–H and O–H groups in total. The van der Waals surface area contributed by atoms with E-state index in [0.29, 0.717) is 0 Å². The SMILES string of the molecule is Cc1nccn1-c1ccc(C(C)NC(=O)C2CCCCC2(C)N)cc1.Cl.Cl. The normalized spacial score (nSPS) is 22.9. The second-order valence-corrected chi connectivity index (χ2v) is 7.47. The Kier molecular flexibility index (Phi) is 8.33. The Morgan fingerprint density at radius 3 is 2.52 bits per heavy atom. The van der Waals surface area contributed by atoms with Gasteiger partial charge in [0.05, 0.1) is 12.0 Å². The molecule has 1 aliphatic carbocycles. The van der Waals surface area contributed by atoms with Crippen molar-refractivity contribution in [2.45, 2.75) is 58.0 Å². The van der Waals surface area contributed by atoms with E-state index in [2.05, 4.69) is 34.6 Å². The van der Waals surface area contributed by atoms with Crippen LogP contribution >= 0.6 is 24.8 Å². The van der Waals surface area contributed by atoms with Gasteiger partial charge in [0.1, 0.15) is 5.82 Å². The van der Waals surface area contributed by atoms with Crippen LogP contribution < -0.4 is 11.1 Å². The summed E-state index contributed by atoms with van der Waals surface area (Å²) in [6.07, 6.45) is 7.73. The zero-order valence-electron chi connectivity index (χ0n) is 16.1. The van der Waals surface area contributed by atoms with E-state index < -0.39 is 5.54 Å². The number of amides is 1. The van der Waals surface area contributed by atoms with Crippen molar-refractivity contribution in [2.24, 2.45) is 11.7 Å². The fourth-order valence-electron chi connectivity index (χ4n) is 3.76. The Morgan fingerprint density at radius 2 is 1.96 bits per heavy atom. The predicted molar refractivity (Wildman–Crippen MR) is 114 cm³/mol. The van der Waals surface area contributed by atoms with Gasteiger partial charge >= 0.3 is 0 Å². The van der Waals surface area contributed by atoms with Gasteiger partial charge in [-0.2, -0.15) is 0 Å². The first kappa shape index (κ1) is 23.5. The first-order valence-electron chi connectivity index (χ1n) is 9.08. The Morgan fingerprint density at radius 1 is 1.30 bits per heavy atom. The summed E-state index contributed by atoms with van der Waals surface area (Å²) in [5, 5.41) is 3.15. The molecule has 3 rings (SSSR count). The van der Waals surface area contributed by atoms with E-state index in [9.17, 15) is 4.79 Å². The lowest BCUT2D eigenvalue weighted by molar-refractivity contribution is -0.128. The van der Waals surface area contributed by atoms with Gasteiger partial charge in [-0.15, -0.1) is 24.8 Å². The molecule has 5 nitrogen and oxygen atoms in total. The lowest BCUT2D eigenvalue weighted by atomic mass is 9.74. The number of nitrogens with one attached hydrogen (secondary N) is 1. The molecule has 7 heteroatoms. The minimum absolute atomic E-state index is 0. The quantitative estimate of drug-likeness (QED) is 0.793. The van der Waals surface area contributed by atoms with Gasteiger partial charge in [-0.25, -0.2) is 4.98 Å². The minimum atomic E-state index is -0.398. The van der Waals surface area contributed by atoms with Crippen molar-refractivity contribution in [2.75, 3.05) is 0 Å². The number of halogens is 2. The van der Waals surface area contributed by atoms with Crippen LogP contribution in [0.2, 0.25) is 0 Å². The number of hydrogen-bond donors (Lipinski definition) is 2. The third-order valence-electron chi connectivity index (χ3n) is 5.43. The first-order chi connectivity index (χ1) is 11.9. The number of nitrogens with two attached hydrogens (primary N) is 1. The number of carbonyl (C=O) groups excluding carboxylic acids is 1. The van der Waals surface area contributed by atoms with E-state index in [1.54, 1.807) is 6.20 Å². The third kappa shape index (κ3) is 5.24. The minimum Gasteiger partial charge on any atom is -0.349 e. The van der Waals surface area contributed by atoms with Crippen LogP contribution in [0.1, 0.15) is 57.0 Å². The van der Waals surface area contributed by atoms with Crippen molar-refractivity contribution < 1.29 is 4.79 Å². The molecule has 3 atom stereocenters. The average Bonchev–Trinajstić information content (AvgIpc) is 3.00. The number of nitrogens with zero attached hydrogens (tertiary/aromatic N) is 2. The van der Waals surface area contributed by atoms with Crippen molar-refractivity contribution in [3.8, 4) is 5.69 Å². The van der Waals surface area contributed by atoms with E-state index in [4.69, 9.17) is 5.73 Å². The fraction of sp³-hybridized carbons (Fsp3) is 0.500. The van der Waals surface area contributed by atoms with Gasteiger partial charge in [0.2, 0.25) is 5.91 Å². The molecule has 0 radical (unpaired) electrons. The molecule has 0 bridgehead atoms. The van der Waals surface area contributed by atoms with Crippen LogP contribution in [-0.4, -0.2) is 21.0 Å². The van der Waals surface area contributed by atoms with Gasteiger partial charge < -0.3 is 15.6 Å². The monoisotopic (exact) mass is 412 g/mol. The lowest BCUT2D eigenvalue weighted by Gasteiger charge is -2.37. The van der Waals surface area contributed by atoms with E-state index in [1.807, 2.05) is 31.5 Å². The largest absolute Gasteiger partial charge is 0.349 e. The molecule has 2 aromatic rings. The van der Waals surface area contributed by atoms with E-state index in [0.717, 1.165) is 42.8 Å². The summed E-state index contributed by atoms with van der Waals surface area (Å²) in [6.45, 7) is 6.00. The fourth-order valence-corrected chi connectivity index (χ4v) is 3.76. The first-order valence-corrected chi connectivity index (χ1v) is 9.08. The van der Waals surface area contributed by atoms with Crippen LogP contribution in [0.25, 0.3) is 5.69 Å². The van der Waals surface area contributed by atoms with Gasteiger partial charge in [0.25, 0.3) is 0 Å². The highest BCUT2D eigenvalue weighted by molar-refractivity contribution is 5.85. The molecule has 1 saturated carbocycles. The number of rotatable bonds is 4. The summed E-state index contributed by atoms with van der Waals surface area (Å²) >= 11 is 0. The average molecular weight is 413 g/mol. The molecule has 0 spiro atoms. The molecule has 1 aliphatic rings. The van der Waals surface area contributed by atoms with Crippen LogP contribution in [0.15, 0.2) is 36.7 Å². The highest BCUT2D eigenvalue weighted by Crippen LogP contribution is 2.32. The number of aromatic nitrogens is 2. The second kappa shape index (κ2) is 9.58. The Labute approximate surface area is 173 Å². The molecule has 27 heavy (non-hydrogen) atoms. The summed E-state index contributed by atoms with van der Waals surface area (Å²) < 4.78 is 2.04. The maximum atomic E-state index is 12.7. The summed E-state index contributed by atoms with van der Waals surface area (Å²) in [4.78, 5) is 16.9. The highest BCUT2D eigenvalue weighted by Gasteiger charge is 2.38. The van der Waals surface area contributed by atoms with E-state index in [-0.39, 0.29) is 42.7 Å². The van der Waals surface area contributed by atoms with Gasteiger partial charge in [0, 0.05) is 23.6 Å². The molecule has 1 fully saturated rings. The number of benzene rings is 1. The van der Waals surface area contributed by atoms with Crippen molar-refractivity contribution in [3.63, 3.8) is 0 Å². The smallest absolute Gasteiger partial charge is 0.225 e. The molecule has 150 valence electrons. The van der Waals surface area contributed by atoms with Crippen LogP contribution in [0.5, 0.6) is 0 Å². The van der Waals surface area contributed by atoms with E-state index >= 15 is 0 Å². The molecule has 0 aliphatic heterocycles. The second-order valence-electron chi connectivity index (χ2n) is 7.47. The van der Waals surface area contributed by atoms with Gasteiger partial charge in [-0.1, -0.05) is 25.0 Å². The number of hydrogen-bond acceptors (Lipinski definition) is 3. The molecule has 3 unspecified atom stereocenters. The molecule has 1 amide bonds. The van der Waals surface area contributed by atoms with Crippen molar-refractivity contribution in [1.29, 1.82) is 0 Å². The van der Waals surface area contributed by atoms with Crippen molar-refractivity contribution >= 4 is 30.7 Å². The number of aryl methyl sites for hydroxylation is 1. The Balaban J connectivity index is 0.00000182. The van der Waals surface area contributed by atoms with Crippen LogP contribution in [-0.2, 0) is 4.79 Å². The third-order valence-corrected chi connectivity index (χ3v) is 5.43. The van der Waals surface area contributed by atoms with Crippen LogP contribution in [0.3, 0.4) is 0 Å². The number of carbonyl (C=O) groups is 1. The van der Waals surface area contributed by atoms with Gasteiger partial charge in [0.15, 0.2) is 0 Å². The molecule has 1 heterocycles. The Bertz CT molecular complexity index is 743. The van der Waals surface area contributed by atoms with Crippen molar-refractivity contribution in [1.82, 2.24) is 14.9 Å². The summed E-state index contributed by atoms with van der Waals surface area (Å²) in [6, 6.07) is 8.19. The maximum absolute atomic E-state index is 12.7. The molecular weight excluding hydrogens is 383 g/mol. The maximum Gasteiger partial charge on any atom is 0.225 e. The summed E-state index contributed by atoms with van der Waals surface area (Å²) in [7, 11) is 0. The van der Waals surface area contributed by atoms with Gasteiger partial charge in [-0.05, 0) is 51.3 Å². The zero-order chi connectivity index (χ0) is 18.0. The standard InChI is InChI=1S/C20H28N4O.2ClH/c1-14(23-19(25)18-6-4-5-11-20(18,3)21)16-7-9-17(10-8-16)24-13-12-22-15(24)2;;/h7-10,12-14,18H,4-6,11,21H2,1-3H3,(H,23,25);2*1H. The molecule has 1 aromatic carbocycles. The summed E-state index contributed by atoms with van der Waals surface area (Å²) in [5.74, 6) is 0.928. The predicted octanol–water partition coefficient (Wildman–Crippen LogP) is 4.11. The van der Waals surface area contributed by atoms with E-state index in [1.165, 1.54) is 0 Å². The molecule has 1 aromatic heterocycles. The Hall–Kier alpha value is -1.56. The number of imidazole rings is 1. The van der Waals surface area contributed by atoms with Crippen LogP contribution in [0.4, 0.5) is 0 Å². The van der Waals surface area contributed by atoms with Crippen LogP contribution in [0, 0.1) is 12.8 Å². The van der Waals surface area contributed by atoms with Gasteiger partial charge in [-0.3, -0.25) is 4.79 Å². The zero-order valence-corrected chi connectivity index (χ0v) is 17.8. The molecular formula is C20H30Cl2N4O.